The van der Waals surface area contributed by atoms with Crippen LogP contribution >= 0.6 is 22.7 Å². The first-order chi connectivity index (χ1) is 10.7. The number of rotatable bonds is 5. The van der Waals surface area contributed by atoms with Crippen molar-refractivity contribution in [3.63, 3.8) is 0 Å². The van der Waals surface area contributed by atoms with Crippen LogP contribution in [0.15, 0.2) is 34.1 Å². The van der Waals surface area contributed by atoms with Gasteiger partial charge in [0, 0.05) is 4.88 Å². The van der Waals surface area contributed by atoms with Gasteiger partial charge in [0.1, 0.15) is 0 Å². The van der Waals surface area contributed by atoms with Crippen LogP contribution in [0, 0.1) is 6.92 Å². The van der Waals surface area contributed by atoms with E-state index in [-0.39, 0.29) is 12.4 Å². The van der Waals surface area contributed by atoms with Gasteiger partial charge in [-0.05, 0) is 37.4 Å². The number of aryl methyl sites for hydroxylation is 1. The molecule has 4 nitrogen and oxygen atoms in total. The summed E-state index contributed by atoms with van der Waals surface area (Å²) in [6.07, 6.45) is 0.120. The molecule has 22 heavy (non-hydrogen) atoms. The number of oxazole rings is 1. The highest BCUT2D eigenvalue weighted by Crippen LogP contribution is 2.35. The lowest BCUT2D eigenvalue weighted by atomic mass is 10.2. The number of thiophene rings is 2. The van der Waals surface area contributed by atoms with Crippen LogP contribution in [-0.4, -0.2) is 17.6 Å². The molecule has 0 amide bonds. The van der Waals surface area contributed by atoms with Crippen LogP contribution in [0.5, 0.6) is 0 Å². The molecule has 0 aromatic carbocycles. The van der Waals surface area contributed by atoms with Crippen LogP contribution in [0.2, 0.25) is 0 Å². The minimum atomic E-state index is -0.289. The molecule has 0 N–H and O–H groups in total. The molecule has 0 aliphatic rings. The molecule has 0 aliphatic heterocycles. The van der Waals surface area contributed by atoms with Crippen molar-refractivity contribution in [2.24, 2.45) is 0 Å². The van der Waals surface area contributed by atoms with E-state index in [0.29, 0.717) is 24.0 Å². The Morgan fingerprint density at radius 1 is 1.32 bits per heavy atom. The third-order valence-electron chi connectivity index (χ3n) is 3.01. The summed E-state index contributed by atoms with van der Waals surface area (Å²) < 4.78 is 11.0. The van der Waals surface area contributed by atoms with Gasteiger partial charge in [-0.3, -0.25) is 4.79 Å². The van der Waals surface area contributed by atoms with Gasteiger partial charge in [-0.1, -0.05) is 6.07 Å². The Balaban J connectivity index is 1.99. The minimum Gasteiger partial charge on any atom is -0.466 e. The zero-order chi connectivity index (χ0) is 15.5. The fourth-order valence-corrected chi connectivity index (χ4v) is 3.60. The third kappa shape index (κ3) is 3.13. The van der Waals surface area contributed by atoms with E-state index < -0.39 is 0 Å². The van der Waals surface area contributed by atoms with E-state index in [4.69, 9.17) is 9.15 Å². The Labute approximate surface area is 136 Å². The summed E-state index contributed by atoms with van der Waals surface area (Å²) in [4.78, 5) is 19.4. The molecular weight excluding hydrogens is 318 g/mol. The van der Waals surface area contributed by atoms with Crippen LogP contribution in [0.25, 0.3) is 21.4 Å². The predicted octanol–water partition coefficient (Wildman–Crippen LogP) is 4.55. The maximum atomic E-state index is 11.8. The first kappa shape index (κ1) is 15.0. The average Bonchev–Trinajstić information content (AvgIpc) is 3.18. The first-order valence-electron chi connectivity index (χ1n) is 6.93. The van der Waals surface area contributed by atoms with Gasteiger partial charge >= 0.3 is 5.97 Å². The van der Waals surface area contributed by atoms with Gasteiger partial charge in [0.15, 0.2) is 5.76 Å². The Hall–Kier alpha value is -1.92. The van der Waals surface area contributed by atoms with Gasteiger partial charge in [0.2, 0.25) is 5.89 Å². The molecule has 3 aromatic heterocycles. The largest absolute Gasteiger partial charge is 0.466 e. The summed E-state index contributed by atoms with van der Waals surface area (Å²) in [5.74, 6) is 0.924. The van der Waals surface area contributed by atoms with E-state index in [1.807, 2.05) is 36.6 Å². The Morgan fingerprint density at radius 3 is 2.82 bits per heavy atom. The summed E-state index contributed by atoms with van der Waals surface area (Å²) in [5.41, 5.74) is 0.627. The molecule has 0 bridgehead atoms. The Bertz CT molecular complexity index is 771. The molecule has 3 rings (SSSR count). The van der Waals surface area contributed by atoms with E-state index in [2.05, 4.69) is 4.98 Å². The molecule has 3 aromatic rings. The van der Waals surface area contributed by atoms with Crippen molar-refractivity contribution in [3.8, 4) is 21.4 Å². The standard InChI is InChI=1S/C16H15NO3S2/c1-3-19-14(18)9-11-15(12-5-4-8-21-12)20-16(17-11)13-7-6-10(2)22-13/h4-8H,3,9H2,1-2H3. The zero-order valence-corrected chi connectivity index (χ0v) is 13.9. The molecule has 0 saturated heterocycles. The number of ether oxygens (including phenoxy) is 1. The van der Waals surface area contributed by atoms with E-state index in [0.717, 1.165) is 9.75 Å². The van der Waals surface area contributed by atoms with Crippen molar-refractivity contribution in [3.05, 3.63) is 40.2 Å². The topological polar surface area (TPSA) is 52.3 Å². The second-order valence-electron chi connectivity index (χ2n) is 4.66. The molecule has 0 atom stereocenters. The monoisotopic (exact) mass is 333 g/mol. The van der Waals surface area contributed by atoms with Gasteiger partial charge in [-0.2, -0.15) is 0 Å². The zero-order valence-electron chi connectivity index (χ0n) is 12.3. The molecule has 3 heterocycles. The second-order valence-corrected chi connectivity index (χ2v) is 6.90. The van der Waals surface area contributed by atoms with E-state index in [9.17, 15) is 4.79 Å². The lowest BCUT2D eigenvalue weighted by Gasteiger charge is -1.99. The lowest BCUT2D eigenvalue weighted by Crippen LogP contribution is -2.08. The van der Waals surface area contributed by atoms with Crippen molar-refractivity contribution in [2.45, 2.75) is 20.3 Å². The summed E-state index contributed by atoms with van der Waals surface area (Å²) in [6, 6.07) is 7.92. The number of carbonyl (C=O) groups excluding carboxylic acids is 1. The van der Waals surface area contributed by atoms with Crippen molar-refractivity contribution in [1.29, 1.82) is 0 Å². The molecule has 0 saturated carbocycles. The van der Waals surface area contributed by atoms with Crippen LogP contribution in [0.3, 0.4) is 0 Å². The van der Waals surface area contributed by atoms with E-state index >= 15 is 0 Å². The predicted molar refractivity (Wildman–Crippen MR) is 88.2 cm³/mol. The fourth-order valence-electron chi connectivity index (χ4n) is 2.08. The van der Waals surface area contributed by atoms with E-state index in [1.54, 1.807) is 29.6 Å². The maximum Gasteiger partial charge on any atom is 0.312 e. The van der Waals surface area contributed by atoms with Gasteiger partial charge in [0.25, 0.3) is 0 Å². The molecular formula is C16H15NO3S2. The maximum absolute atomic E-state index is 11.8. The van der Waals surface area contributed by atoms with Crippen LogP contribution in [-0.2, 0) is 16.0 Å². The van der Waals surface area contributed by atoms with Crippen LogP contribution < -0.4 is 0 Å². The molecule has 6 heteroatoms. The lowest BCUT2D eigenvalue weighted by molar-refractivity contribution is -0.142. The molecule has 0 fully saturated rings. The normalized spacial score (nSPS) is 10.8. The van der Waals surface area contributed by atoms with Crippen molar-refractivity contribution < 1.29 is 13.9 Å². The number of esters is 1. The highest BCUT2D eigenvalue weighted by Gasteiger charge is 2.20. The molecule has 114 valence electrons. The van der Waals surface area contributed by atoms with Gasteiger partial charge in [0.05, 0.1) is 28.5 Å². The second kappa shape index (κ2) is 6.46. The third-order valence-corrected chi connectivity index (χ3v) is 4.87. The van der Waals surface area contributed by atoms with Crippen molar-refractivity contribution in [1.82, 2.24) is 4.98 Å². The molecule has 0 unspecified atom stereocenters. The van der Waals surface area contributed by atoms with Crippen molar-refractivity contribution >= 4 is 28.6 Å². The number of hydrogen-bond acceptors (Lipinski definition) is 6. The number of carbonyl (C=O) groups is 1. The summed E-state index contributed by atoms with van der Waals surface area (Å²) >= 11 is 3.18. The summed E-state index contributed by atoms with van der Waals surface area (Å²) in [6.45, 7) is 4.19. The van der Waals surface area contributed by atoms with Crippen LogP contribution in [0.1, 0.15) is 17.5 Å². The Kier molecular flexibility index (Phi) is 4.40. The SMILES string of the molecule is CCOC(=O)Cc1nc(-c2ccc(C)s2)oc1-c1cccs1. The quantitative estimate of drug-likeness (QED) is 0.643. The minimum absolute atomic E-state index is 0.120. The first-order valence-corrected chi connectivity index (χ1v) is 8.63. The molecule has 0 radical (unpaired) electrons. The number of nitrogens with zero attached hydrogens (tertiary/aromatic N) is 1. The molecule has 0 aliphatic carbocycles. The highest BCUT2D eigenvalue weighted by molar-refractivity contribution is 7.15. The van der Waals surface area contributed by atoms with Crippen LogP contribution in [0.4, 0.5) is 0 Å². The van der Waals surface area contributed by atoms with Gasteiger partial charge < -0.3 is 9.15 Å². The van der Waals surface area contributed by atoms with E-state index in [1.165, 1.54) is 4.88 Å². The smallest absolute Gasteiger partial charge is 0.312 e. The number of hydrogen-bond donors (Lipinski definition) is 0. The Morgan fingerprint density at radius 2 is 2.18 bits per heavy atom. The summed E-state index contributed by atoms with van der Waals surface area (Å²) in [5, 5.41) is 1.97. The van der Waals surface area contributed by atoms with Crippen molar-refractivity contribution in [2.75, 3.05) is 6.61 Å². The van der Waals surface area contributed by atoms with Gasteiger partial charge in [-0.15, -0.1) is 22.7 Å². The number of aromatic nitrogens is 1. The molecule has 0 spiro atoms. The average molecular weight is 333 g/mol. The highest BCUT2D eigenvalue weighted by atomic mass is 32.1. The summed E-state index contributed by atoms with van der Waals surface area (Å²) in [7, 11) is 0. The fraction of sp³-hybridized carbons (Fsp3) is 0.250. The van der Waals surface area contributed by atoms with Gasteiger partial charge in [-0.25, -0.2) is 4.98 Å².